The average molecular weight is 239 g/mol. The summed E-state index contributed by atoms with van der Waals surface area (Å²) in [5, 5.41) is 7.43. The van der Waals surface area contributed by atoms with Crippen molar-refractivity contribution in [2.75, 3.05) is 13.2 Å². The van der Waals surface area contributed by atoms with E-state index in [1.165, 1.54) is 0 Å². The smallest absolute Gasteiger partial charge is 0.319 e. The lowest BCUT2D eigenvalue weighted by molar-refractivity contribution is -0.142. The first-order valence-electron chi connectivity index (χ1n) is 6.07. The van der Waals surface area contributed by atoms with E-state index in [1.807, 2.05) is 16.9 Å². The van der Waals surface area contributed by atoms with Crippen molar-refractivity contribution in [1.29, 1.82) is 0 Å². The van der Waals surface area contributed by atoms with Crippen molar-refractivity contribution >= 4 is 5.97 Å². The zero-order valence-electron chi connectivity index (χ0n) is 10.8. The van der Waals surface area contributed by atoms with E-state index in [0.717, 1.165) is 12.1 Å². The molecule has 1 unspecified atom stereocenters. The molecule has 0 spiro atoms. The highest BCUT2D eigenvalue weighted by molar-refractivity contribution is 5.71. The number of nitrogens with one attached hydrogen (secondary N) is 1. The maximum absolute atomic E-state index is 11.1. The number of nitrogens with zero attached hydrogens (tertiary/aromatic N) is 2. The van der Waals surface area contributed by atoms with Gasteiger partial charge in [-0.25, -0.2) is 0 Å². The van der Waals surface area contributed by atoms with Gasteiger partial charge in [0, 0.05) is 18.8 Å². The zero-order valence-corrected chi connectivity index (χ0v) is 10.8. The highest BCUT2D eigenvalue weighted by Crippen LogP contribution is 2.08. The molecule has 1 atom stereocenters. The van der Waals surface area contributed by atoms with E-state index in [1.54, 1.807) is 6.92 Å². The summed E-state index contributed by atoms with van der Waals surface area (Å²) in [5.41, 5.74) is 0.939. The molecule has 96 valence electrons. The summed E-state index contributed by atoms with van der Waals surface area (Å²) in [4.78, 5) is 11.1. The van der Waals surface area contributed by atoms with Crippen LogP contribution in [0.4, 0.5) is 0 Å². The van der Waals surface area contributed by atoms with E-state index < -0.39 is 0 Å². The minimum atomic E-state index is -0.228. The number of aromatic nitrogens is 2. The third-order valence-corrected chi connectivity index (χ3v) is 2.59. The van der Waals surface area contributed by atoms with Crippen LogP contribution in [-0.2, 0) is 16.1 Å². The molecule has 5 heteroatoms. The van der Waals surface area contributed by atoms with Gasteiger partial charge in [0.15, 0.2) is 0 Å². The van der Waals surface area contributed by atoms with Crippen molar-refractivity contribution in [2.24, 2.45) is 0 Å². The Labute approximate surface area is 102 Å². The van der Waals surface area contributed by atoms with Gasteiger partial charge in [-0.2, -0.15) is 5.10 Å². The summed E-state index contributed by atoms with van der Waals surface area (Å²) in [6.07, 6.45) is 3.02. The van der Waals surface area contributed by atoms with Crippen LogP contribution in [0.5, 0.6) is 0 Å². The van der Waals surface area contributed by atoms with Crippen molar-refractivity contribution < 1.29 is 9.53 Å². The lowest BCUT2D eigenvalue weighted by atomic mass is 10.3. The molecule has 0 aliphatic carbocycles. The van der Waals surface area contributed by atoms with Crippen molar-refractivity contribution in [3.63, 3.8) is 0 Å². The van der Waals surface area contributed by atoms with Crippen LogP contribution in [0.3, 0.4) is 0 Å². The molecule has 0 saturated carbocycles. The fraction of sp³-hybridized carbons (Fsp3) is 0.667. The molecule has 1 rings (SSSR count). The van der Waals surface area contributed by atoms with Crippen LogP contribution >= 0.6 is 0 Å². The summed E-state index contributed by atoms with van der Waals surface area (Å²) in [5.74, 6) is -0.228. The number of rotatable bonds is 7. The number of carbonyl (C=O) groups is 1. The summed E-state index contributed by atoms with van der Waals surface area (Å²) in [6, 6.07) is 2.37. The summed E-state index contributed by atoms with van der Waals surface area (Å²) in [6.45, 7) is 7.29. The van der Waals surface area contributed by atoms with E-state index in [4.69, 9.17) is 4.74 Å². The number of esters is 1. The quantitative estimate of drug-likeness (QED) is 0.733. The van der Waals surface area contributed by atoms with Crippen LogP contribution in [0.25, 0.3) is 0 Å². The SMILES string of the molecule is CCOC(=O)CNCc1ccn(C(C)CC)n1. The van der Waals surface area contributed by atoms with Crippen molar-refractivity contribution in [3.05, 3.63) is 18.0 Å². The molecule has 0 amide bonds. The van der Waals surface area contributed by atoms with Gasteiger partial charge < -0.3 is 10.1 Å². The van der Waals surface area contributed by atoms with Gasteiger partial charge in [-0.1, -0.05) is 6.92 Å². The molecule has 1 aromatic heterocycles. The summed E-state index contributed by atoms with van der Waals surface area (Å²) < 4.78 is 6.76. The monoisotopic (exact) mass is 239 g/mol. The Morgan fingerprint density at radius 2 is 2.35 bits per heavy atom. The van der Waals surface area contributed by atoms with E-state index in [-0.39, 0.29) is 12.5 Å². The molecule has 5 nitrogen and oxygen atoms in total. The van der Waals surface area contributed by atoms with E-state index in [9.17, 15) is 4.79 Å². The molecule has 1 heterocycles. The largest absolute Gasteiger partial charge is 0.465 e. The fourth-order valence-electron chi connectivity index (χ4n) is 1.41. The zero-order chi connectivity index (χ0) is 12.7. The Hall–Kier alpha value is -1.36. The standard InChI is InChI=1S/C12H21N3O2/c1-4-10(3)15-7-6-11(14-15)8-13-9-12(16)17-5-2/h6-7,10,13H,4-5,8-9H2,1-3H3. The van der Waals surface area contributed by atoms with Crippen LogP contribution in [0, 0.1) is 0 Å². The van der Waals surface area contributed by atoms with E-state index in [0.29, 0.717) is 19.2 Å². The van der Waals surface area contributed by atoms with Gasteiger partial charge in [0.25, 0.3) is 0 Å². The number of hydrogen-bond donors (Lipinski definition) is 1. The van der Waals surface area contributed by atoms with Crippen molar-refractivity contribution in [1.82, 2.24) is 15.1 Å². The van der Waals surface area contributed by atoms with Gasteiger partial charge in [-0.3, -0.25) is 9.48 Å². The summed E-state index contributed by atoms with van der Waals surface area (Å²) in [7, 11) is 0. The number of ether oxygens (including phenoxy) is 1. The van der Waals surface area contributed by atoms with Gasteiger partial charge in [0.2, 0.25) is 0 Å². The predicted molar refractivity (Wildman–Crippen MR) is 65.6 cm³/mol. The Bertz CT molecular complexity index is 349. The maximum atomic E-state index is 11.1. The highest BCUT2D eigenvalue weighted by atomic mass is 16.5. The van der Waals surface area contributed by atoms with Gasteiger partial charge in [0.1, 0.15) is 0 Å². The first-order valence-corrected chi connectivity index (χ1v) is 6.07. The Kier molecular flexibility index (Phi) is 5.69. The van der Waals surface area contributed by atoms with E-state index >= 15 is 0 Å². The lowest BCUT2D eigenvalue weighted by Crippen LogP contribution is -2.24. The molecule has 0 aliphatic heterocycles. The van der Waals surface area contributed by atoms with Crippen molar-refractivity contribution in [2.45, 2.75) is 39.8 Å². The van der Waals surface area contributed by atoms with Gasteiger partial charge in [0.05, 0.1) is 18.8 Å². The second-order valence-corrected chi connectivity index (χ2v) is 3.95. The molecule has 0 radical (unpaired) electrons. The molecular weight excluding hydrogens is 218 g/mol. The molecule has 0 fully saturated rings. The first-order chi connectivity index (χ1) is 8.17. The molecular formula is C12H21N3O2. The van der Waals surface area contributed by atoms with E-state index in [2.05, 4.69) is 24.3 Å². The maximum Gasteiger partial charge on any atom is 0.319 e. The molecule has 0 saturated heterocycles. The third kappa shape index (κ3) is 4.56. The van der Waals surface area contributed by atoms with Crippen LogP contribution in [-0.4, -0.2) is 28.9 Å². The van der Waals surface area contributed by atoms with Gasteiger partial charge in [-0.05, 0) is 26.3 Å². The second-order valence-electron chi connectivity index (χ2n) is 3.95. The molecule has 17 heavy (non-hydrogen) atoms. The molecule has 0 aromatic carbocycles. The van der Waals surface area contributed by atoms with Crippen LogP contribution < -0.4 is 5.32 Å². The van der Waals surface area contributed by atoms with Crippen molar-refractivity contribution in [3.8, 4) is 0 Å². The third-order valence-electron chi connectivity index (χ3n) is 2.59. The normalized spacial score (nSPS) is 12.4. The number of carbonyl (C=O) groups excluding carboxylic acids is 1. The predicted octanol–water partition coefficient (Wildman–Crippen LogP) is 1.51. The Balaban J connectivity index is 2.32. The Morgan fingerprint density at radius 1 is 1.59 bits per heavy atom. The minimum Gasteiger partial charge on any atom is -0.465 e. The van der Waals surface area contributed by atoms with Crippen LogP contribution in [0.1, 0.15) is 38.9 Å². The molecule has 1 aromatic rings. The average Bonchev–Trinajstić information content (AvgIpc) is 2.77. The molecule has 0 bridgehead atoms. The summed E-state index contributed by atoms with van der Waals surface area (Å²) >= 11 is 0. The highest BCUT2D eigenvalue weighted by Gasteiger charge is 2.05. The van der Waals surface area contributed by atoms with Gasteiger partial charge >= 0.3 is 5.97 Å². The minimum absolute atomic E-state index is 0.226. The Morgan fingerprint density at radius 3 is 3.00 bits per heavy atom. The molecule has 1 N–H and O–H groups in total. The first kappa shape index (κ1) is 13.7. The fourth-order valence-corrected chi connectivity index (χ4v) is 1.41. The molecule has 0 aliphatic rings. The number of hydrogen-bond acceptors (Lipinski definition) is 4. The second kappa shape index (κ2) is 7.06. The van der Waals surface area contributed by atoms with Gasteiger partial charge in [-0.15, -0.1) is 0 Å². The van der Waals surface area contributed by atoms with Crippen LogP contribution in [0.2, 0.25) is 0 Å². The topological polar surface area (TPSA) is 56.1 Å². The van der Waals surface area contributed by atoms with Crippen LogP contribution in [0.15, 0.2) is 12.3 Å². The lowest BCUT2D eigenvalue weighted by Gasteiger charge is -2.08.